The van der Waals surface area contributed by atoms with Crippen molar-refractivity contribution in [1.82, 2.24) is 0 Å². The van der Waals surface area contributed by atoms with E-state index in [1.54, 1.807) is 0 Å². The Morgan fingerprint density at radius 2 is 2.00 bits per heavy atom. The Morgan fingerprint density at radius 3 is 2.44 bits per heavy atom. The molecule has 1 rings (SSSR count). The molecule has 1 heterocycles. The minimum absolute atomic E-state index is 0.117. The van der Waals surface area contributed by atoms with E-state index < -0.39 is 11.9 Å². The first-order valence-corrected chi connectivity index (χ1v) is 5.80. The van der Waals surface area contributed by atoms with Crippen molar-refractivity contribution in [3.05, 3.63) is 0 Å². The van der Waals surface area contributed by atoms with Crippen LogP contribution in [0, 0.1) is 23.7 Å². The number of rotatable bonds is 5. The molecule has 0 aromatic carbocycles. The first-order valence-electron chi connectivity index (χ1n) is 5.80. The van der Waals surface area contributed by atoms with Gasteiger partial charge in [0.15, 0.2) is 0 Å². The normalized spacial score (nSPS) is 32.0. The van der Waals surface area contributed by atoms with Gasteiger partial charge >= 0.3 is 5.97 Å². The molecular weight excluding hydrogens is 208 g/mol. The number of carbonyl (C=O) groups excluding carboxylic acids is 1. The zero-order valence-electron chi connectivity index (χ0n) is 9.89. The average molecular weight is 228 g/mol. The lowest BCUT2D eigenvalue weighted by molar-refractivity contribution is -0.144. The number of hydrogen-bond donors (Lipinski definition) is 1. The van der Waals surface area contributed by atoms with Crippen LogP contribution in [0.3, 0.4) is 0 Å². The smallest absolute Gasteiger partial charge is 0.306 e. The molecule has 0 aromatic heterocycles. The van der Waals surface area contributed by atoms with Gasteiger partial charge in [0, 0.05) is 19.6 Å². The van der Waals surface area contributed by atoms with Crippen molar-refractivity contribution in [2.24, 2.45) is 23.7 Å². The van der Waals surface area contributed by atoms with Crippen LogP contribution in [0.4, 0.5) is 0 Å². The van der Waals surface area contributed by atoms with Crippen molar-refractivity contribution >= 4 is 12.3 Å². The molecule has 1 N–H and O–H groups in total. The van der Waals surface area contributed by atoms with Gasteiger partial charge in [-0.25, -0.2) is 0 Å². The number of aldehydes is 1. The van der Waals surface area contributed by atoms with Crippen LogP contribution >= 0.6 is 0 Å². The Kier molecular flexibility index (Phi) is 4.93. The summed E-state index contributed by atoms with van der Waals surface area (Å²) >= 11 is 0. The second-order valence-corrected chi connectivity index (χ2v) is 4.83. The highest BCUT2D eigenvalue weighted by atomic mass is 16.5. The number of carbonyl (C=O) groups is 2. The van der Waals surface area contributed by atoms with Gasteiger partial charge in [-0.15, -0.1) is 0 Å². The van der Waals surface area contributed by atoms with E-state index in [9.17, 15) is 9.59 Å². The summed E-state index contributed by atoms with van der Waals surface area (Å²) in [5, 5.41) is 9.02. The first-order chi connectivity index (χ1) is 7.56. The number of hydrogen-bond acceptors (Lipinski definition) is 3. The van der Waals surface area contributed by atoms with Gasteiger partial charge in [-0.3, -0.25) is 4.79 Å². The van der Waals surface area contributed by atoms with Crippen LogP contribution in [-0.2, 0) is 14.3 Å². The number of carboxylic acids is 1. The minimum Gasteiger partial charge on any atom is -0.481 e. The molecule has 1 fully saturated rings. The Hall–Kier alpha value is -0.900. The fraction of sp³-hybridized carbons (Fsp3) is 0.833. The fourth-order valence-corrected chi connectivity index (χ4v) is 2.46. The summed E-state index contributed by atoms with van der Waals surface area (Å²) in [5.41, 5.74) is 0. The van der Waals surface area contributed by atoms with Crippen molar-refractivity contribution in [3.63, 3.8) is 0 Å². The van der Waals surface area contributed by atoms with E-state index in [-0.39, 0.29) is 6.42 Å². The molecule has 92 valence electrons. The molecule has 0 aromatic rings. The van der Waals surface area contributed by atoms with Crippen LogP contribution in [-0.4, -0.2) is 30.6 Å². The van der Waals surface area contributed by atoms with Crippen LogP contribution in [0.5, 0.6) is 0 Å². The lowest BCUT2D eigenvalue weighted by Crippen LogP contribution is -2.35. The second kappa shape index (κ2) is 5.99. The Labute approximate surface area is 96.0 Å². The molecule has 4 heteroatoms. The van der Waals surface area contributed by atoms with Crippen molar-refractivity contribution < 1.29 is 19.4 Å². The standard InChI is InChI=1S/C12H20O4/c1-8-6-16-7-9(2)11(8)5-10(3-4-13)12(14)15/h4,8-11H,3,5-7H2,1-2H3,(H,14,15)/t8-,9+,10?,11?. The number of aliphatic carboxylic acids is 1. The van der Waals surface area contributed by atoms with Crippen LogP contribution in [0.2, 0.25) is 0 Å². The maximum Gasteiger partial charge on any atom is 0.306 e. The van der Waals surface area contributed by atoms with Crippen molar-refractivity contribution in [1.29, 1.82) is 0 Å². The molecule has 0 bridgehead atoms. The lowest BCUT2D eigenvalue weighted by atomic mass is 9.76. The number of carboxylic acid groups (broad SMARTS) is 1. The fourth-order valence-electron chi connectivity index (χ4n) is 2.46. The zero-order chi connectivity index (χ0) is 12.1. The summed E-state index contributed by atoms with van der Waals surface area (Å²) in [6, 6.07) is 0. The maximum absolute atomic E-state index is 11.0. The third kappa shape index (κ3) is 3.30. The van der Waals surface area contributed by atoms with E-state index in [2.05, 4.69) is 13.8 Å². The predicted octanol–water partition coefficient (Wildman–Crippen LogP) is 1.58. The van der Waals surface area contributed by atoms with Gasteiger partial charge in [0.25, 0.3) is 0 Å². The molecule has 4 atom stereocenters. The van der Waals surface area contributed by atoms with Gasteiger partial charge in [0.2, 0.25) is 0 Å². The highest BCUT2D eigenvalue weighted by molar-refractivity contribution is 5.73. The molecule has 0 spiro atoms. The van der Waals surface area contributed by atoms with E-state index in [0.29, 0.717) is 43.7 Å². The first kappa shape index (κ1) is 13.2. The summed E-state index contributed by atoms with van der Waals surface area (Å²) in [7, 11) is 0. The van der Waals surface area contributed by atoms with Crippen LogP contribution in [0.1, 0.15) is 26.7 Å². The van der Waals surface area contributed by atoms with Gasteiger partial charge in [-0.05, 0) is 24.2 Å². The Balaban J connectivity index is 2.60. The van der Waals surface area contributed by atoms with E-state index in [0.717, 1.165) is 0 Å². The molecule has 16 heavy (non-hydrogen) atoms. The van der Waals surface area contributed by atoms with E-state index in [1.807, 2.05) is 0 Å². The molecule has 4 nitrogen and oxygen atoms in total. The Morgan fingerprint density at radius 1 is 1.44 bits per heavy atom. The number of ether oxygens (including phenoxy) is 1. The SMILES string of the molecule is C[C@@H]1COC[C@H](C)C1CC(CC=O)C(=O)O. The summed E-state index contributed by atoms with van der Waals surface area (Å²) in [6.45, 7) is 5.56. The summed E-state index contributed by atoms with van der Waals surface area (Å²) in [6.07, 6.45) is 1.40. The van der Waals surface area contributed by atoms with Crippen molar-refractivity contribution in [2.75, 3.05) is 13.2 Å². The van der Waals surface area contributed by atoms with E-state index in [1.165, 1.54) is 0 Å². The second-order valence-electron chi connectivity index (χ2n) is 4.83. The highest BCUT2D eigenvalue weighted by Gasteiger charge is 2.32. The molecule has 1 aliphatic heterocycles. The molecule has 1 aliphatic rings. The van der Waals surface area contributed by atoms with Crippen LogP contribution in [0.25, 0.3) is 0 Å². The molecule has 0 amide bonds. The molecular formula is C12H20O4. The summed E-state index contributed by atoms with van der Waals surface area (Å²) < 4.78 is 5.41. The molecule has 0 saturated carbocycles. The quantitative estimate of drug-likeness (QED) is 0.726. The van der Waals surface area contributed by atoms with Crippen molar-refractivity contribution in [3.8, 4) is 0 Å². The zero-order valence-corrected chi connectivity index (χ0v) is 9.89. The van der Waals surface area contributed by atoms with Gasteiger partial charge in [-0.1, -0.05) is 13.8 Å². The monoisotopic (exact) mass is 228 g/mol. The van der Waals surface area contributed by atoms with Gasteiger partial charge in [0.05, 0.1) is 5.92 Å². The van der Waals surface area contributed by atoms with Gasteiger partial charge in [-0.2, -0.15) is 0 Å². The minimum atomic E-state index is -0.863. The topological polar surface area (TPSA) is 63.6 Å². The third-order valence-corrected chi connectivity index (χ3v) is 3.51. The summed E-state index contributed by atoms with van der Waals surface area (Å²) in [5.74, 6) is -0.312. The molecule has 2 unspecified atom stereocenters. The lowest BCUT2D eigenvalue weighted by Gasteiger charge is -2.35. The van der Waals surface area contributed by atoms with Crippen LogP contribution in [0.15, 0.2) is 0 Å². The molecule has 0 radical (unpaired) electrons. The highest BCUT2D eigenvalue weighted by Crippen LogP contribution is 2.32. The van der Waals surface area contributed by atoms with Crippen molar-refractivity contribution in [2.45, 2.75) is 26.7 Å². The maximum atomic E-state index is 11.0. The van der Waals surface area contributed by atoms with Gasteiger partial charge < -0.3 is 14.6 Å². The third-order valence-electron chi connectivity index (χ3n) is 3.51. The Bertz CT molecular complexity index is 241. The average Bonchev–Trinajstić information content (AvgIpc) is 2.21. The predicted molar refractivity (Wildman–Crippen MR) is 59.1 cm³/mol. The molecule has 0 aliphatic carbocycles. The van der Waals surface area contributed by atoms with Crippen LogP contribution < -0.4 is 0 Å². The van der Waals surface area contributed by atoms with Gasteiger partial charge in [0.1, 0.15) is 6.29 Å². The summed E-state index contributed by atoms with van der Waals surface area (Å²) in [4.78, 5) is 21.4. The molecule has 1 saturated heterocycles. The largest absolute Gasteiger partial charge is 0.481 e. The van der Waals surface area contributed by atoms with E-state index in [4.69, 9.17) is 9.84 Å². The van der Waals surface area contributed by atoms with E-state index >= 15 is 0 Å².